The predicted molar refractivity (Wildman–Crippen MR) is 202 cm³/mol. The van der Waals surface area contributed by atoms with E-state index in [1.165, 1.54) is 65.1 Å². The molecule has 2 amide bonds. The highest BCUT2D eigenvalue weighted by Gasteiger charge is 2.59. The second-order valence-corrected chi connectivity index (χ2v) is 20.2. The highest BCUT2D eigenvalue weighted by molar-refractivity contribution is 7.52. The Hall–Kier alpha value is -1.41. The van der Waals surface area contributed by atoms with Gasteiger partial charge in [0.25, 0.3) is 0 Å². The van der Waals surface area contributed by atoms with Crippen molar-refractivity contribution in [2.75, 3.05) is 33.5 Å². The summed E-state index contributed by atoms with van der Waals surface area (Å²) in [4.78, 5) is 27.3. The molecular weight excluding hydrogens is 663 g/mol. The molecule has 5 aliphatic rings. The van der Waals surface area contributed by atoms with Gasteiger partial charge in [-0.25, -0.2) is 4.79 Å². The Morgan fingerprint density at radius 3 is 2.53 bits per heavy atom. The maximum absolute atomic E-state index is 12.9. The molecule has 11 atom stereocenters. The average Bonchev–Trinajstić information content (AvgIpc) is 3.66. The van der Waals surface area contributed by atoms with Gasteiger partial charge in [0, 0.05) is 39.7 Å². The van der Waals surface area contributed by atoms with E-state index in [2.05, 4.69) is 46.0 Å². The van der Waals surface area contributed by atoms with Crippen LogP contribution in [0.4, 0.5) is 4.79 Å². The lowest BCUT2D eigenvalue weighted by Crippen LogP contribution is -2.51. The van der Waals surface area contributed by atoms with Crippen molar-refractivity contribution in [2.45, 2.75) is 156 Å². The van der Waals surface area contributed by atoms with Crippen LogP contribution in [-0.2, 0) is 23.1 Å². The van der Waals surface area contributed by atoms with Crippen LogP contribution in [-0.4, -0.2) is 73.7 Å². The van der Waals surface area contributed by atoms with Gasteiger partial charge in [0.1, 0.15) is 6.10 Å². The number of hydrogen-bond donors (Lipinski definition) is 2. The van der Waals surface area contributed by atoms with E-state index in [-0.39, 0.29) is 36.2 Å². The SMILES string of the molecule is COP(C)(=O)O[C@@H]1C[C@@H](CO)N(C(=O)CCCCCNC(=O)OC2CC[C@@]3(C)C(=CCC4C3CC[C@@]3(C)C4CC[C@@H]3[C@H](C)CCCC(C)C)C2)C1. The first kappa shape index (κ1) is 40.8. The minimum absolute atomic E-state index is 0.0414. The van der Waals surface area contributed by atoms with Gasteiger partial charge in [-0.3, -0.25) is 9.36 Å². The highest BCUT2D eigenvalue weighted by atomic mass is 31.2. The number of fused-ring (bicyclic) bond motifs is 5. The standard InChI is InChI=1S/C41H71N2O7P/c1-28(2)12-11-13-29(3)35-17-18-36-34-16-15-30-24-32(19-21-40(30,4)37(34)20-22-41(35,36)5)49-39(46)42-23-10-8-9-14-38(45)43-26-33(25-31(43)27-44)50-51(7,47)48-6/h15,28-29,31-37,44H,8-14,16-27H2,1-7H3,(H,42,46)/t29-,31+,32?,33-,34?,35-,36?,37?,40+,41-,51?/m1/s1. The first-order chi connectivity index (χ1) is 24.2. The third kappa shape index (κ3) is 9.46. The average molecular weight is 735 g/mol. The number of nitrogens with one attached hydrogen (secondary N) is 1. The lowest BCUT2D eigenvalue weighted by molar-refractivity contribution is -0.133. The van der Waals surface area contributed by atoms with Crippen LogP contribution in [0.15, 0.2) is 11.6 Å². The number of ether oxygens (including phenoxy) is 1. The molecular formula is C41H71N2O7P. The van der Waals surface area contributed by atoms with Crippen LogP contribution in [0.5, 0.6) is 0 Å². The van der Waals surface area contributed by atoms with E-state index in [1.54, 1.807) is 10.5 Å². The van der Waals surface area contributed by atoms with E-state index >= 15 is 0 Å². The van der Waals surface area contributed by atoms with E-state index in [9.17, 15) is 19.3 Å². The van der Waals surface area contributed by atoms with Crippen LogP contribution in [0, 0.1) is 46.3 Å². The number of alkyl carbamates (subject to hydrolysis) is 1. The third-order valence-electron chi connectivity index (χ3n) is 14.4. The molecule has 9 nitrogen and oxygen atoms in total. The van der Waals surface area contributed by atoms with Crippen molar-refractivity contribution in [3.05, 3.63) is 11.6 Å². The van der Waals surface area contributed by atoms with Gasteiger partial charge in [-0.2, -0.15) is 0 Å². The molecule has 0 bridgehead atoms. The molecule has 2 N–H and O–H groups in total. The van der Waals surface area contributed by atoms with Crippen molar-refractivity contribution in [1.29, 1.82) is 0 Å². The molecule has 0 aromatic heterocycles. The number of aliphatic hydroxyl groups excluding tert-OH is 1. The summed E-state index contributed by atoms with van der Waals surface area (Å²) >= 11 is 0. The number of nitrogens with zero attached hydrogens (tertiary/aromatic N) is 1. The van der Waals surface area contributed by atoms with Crippen LogP contribution < -0.4 is 5.32 Å². The number of carbonyl (C=O) groups excluding carboxylic acids is 2. The van der Waals surface area contributed by atoms with Crippen molar-refractivity contribution < 1.29 is 33.0 Å². The van der Waals surface area contributed by atoms with E-state index in [1.807, 2.05) is 0 Å². The van der Waals surface area contributed by atoms with Gasteiger partial charge in [-0.1, -0.05) is 72.0 Å². The second kappa shape index (κ2) is 17.4. The van der Waals surface area contributed by atoms with Crippen LogP contribution in [0.2, 0.25) is 0 Å². The maximum atomic E-state index is 12.9. The van der Waals surface area contributed by atoms with Crippen LogP contribution in [0.1, 0.15) is 137 Å². The summed E-state index contributed by atoms with van der Waals surface area (Å²) in [7, 11) is -1.83. The molecule has 0 aromatic rings. The van der Waals surface area contributed by atoms with Gasteiger partial charge < -0.3 is 29.1 Å². The third-order valence-corrected chi connectivity index (χ3v) is 15.8. The summed E-state index contributed by atoms with van der Waals surface area (Å²) in [6, 6.07) is -0.337. The zero-order valence-corrected chi connectivity index (χ0v) is 33.9. The van der Waals surface area contributed by atoms with Crippen molar-refractivity contribution >= 4 is 19.6 Å². The summed E-state index contributed by atoms with van der Waals surface area (Å²) in [5.41, 5.74) is 2.28. The largest absolute Gasteiger partial charge is 0.446 e. The number of unbranched alkanes of at least 4 members (excludes halogenated alkanes) is 2. The van der Waals surface area contributed by atoms with Gasteiger partial charge >= 0.3 is 13.7 Å². The molecule has 10 heteroatoms. The predicted octanol–water partition coefficient (Wildman–Crippen LogP) is 9.13. The molecule has 0 aromatic carbocycles. The monoisotopic (exact) mass is 734 g/mol. The highest BCUT2D eigenvalue weighted by Crippen LogP contribution is 2.67. The Morgan fingerprint density at radius 2 is 1.80 bits per heavy atom. The Kier molecular flexibility index (Phi) is 13.9. The molecule has 1 aliphatic heterocycles. The number of allylic oxidation sites excluding steroid dienone is 1. The molecule has 5 rings (SSSR count). The molecule has 1 heterocycles. The molecule has 4 aliphatic carbocycles. The lowest BCUT2D eigenvalue weighted by Gasteiger charge is -2.58. The Balaban J connectivity index is 1.02. The summed E-state index contributed by atoms with van der Waals surface area (Å²) in [6.45, 7) is 14.5. The summed E-state index contributed by atoms with van der Waals surface area (Å²) < 4.78 is 28.7. The van der Waals surface area contributed by atoms with Crippen molar-refractivity contribution in [3.63, 3.8) is 0 Å². The fourth-order valence-corrected chi connectivity index (χ4v) is 12.4. The molecule has 5 unspecified atom stereocenters. The van der Waals surface area contributed by atoms with Crippen LogP contribution in [0.25, 0.3) is 0 Å². The minimum atomic E-state index is -3.17. The molecule has 51 heavy (non-hydrogen) atoms. The first-order valence-electron chi connectivity index (χ1n) is 20.6. The minimum Gasteiger partial charge on any atom is -0.446 e. The topological polar surface area (TPSA) is 114 Å². The fourth-order valence-electron chi connectivity index (χ4n) is 11.6. The molecule has 0 radical (unpaired) electrons. The summed E-state index contributed by atoms with van der Waals surface area (Å²) in [5, 5.41) is 12.7. The first-order valence-corrected chi connectivity index (χ1v) is 22.6. The fraction of sp³-hybridized carbons (Fsp3) is 0.902. The van der Waals surface area contributed by atoms with E-state index in [0.717, 1.165) is 67.6 Å². The Labute approximate surface area is 309 Å². The lowest BCUT2D eigenvalue weighted by atomic mass is 9.47. The molecule has 4 fully saturated rings. The molecule has 292 valence electrons. The number of aliphatic hydroxyl groups is 1. The molecule has 0 spiro atoms. The number of amides is 2. The van der Waals surface area contributed by atoms with Crippen molar-refractivity contribution in [1.82, 2.24) is 10.2 Å². The normalized spacial score (nSPS) is 36.5. The number of rotatable bonds is 16. The van der Waals surface area contributed by atoms with Crippen molar-refractivity contribution in [2.24, 2.45) is 46.3 Å². The van der Waals surface area contributed by atoms with E-state index in [4.69, 9.17) is 13.8 Å². The summed E-state index contributed by atoms with van der Waals surface area (Å²) in [5.74, 6) is 4.89. The van der Waals surface area contributed by atoms with E-state index < -0.39 is 13.7 Å². The van der Waals surface area contributed by atoms with Gasteiger partial charge in [0.15, 0.2) is 0 Å². The zero-order valence-electron chi connectivity index (χ0n) is 33.0. The second-order valence-electron chi connectivity index (χ2n) is 18.1. The van der Waals surface area contributed by atoms with Crippen molar-refractivity contribution in [3.8, 4) is 0 Å². The number of likely N-dealkylation sites (tertiary alicyclic amines) is 1. The summed E-state index contributed by atoms with van der Waals surface area (Å²) in [6.07, 6.45) is 18.6. The van der Waals surface area contributed by atoms with Crippen LogP contribution in [0.3, 0.4) is 0 Å². The van der Waals surface area contributed by atoms with Gasteiger partial charge in [0.05, 0.1) is 18.8 Å². The van der Waals surface area contributed by atoms with Crippen LogP contribution >= 0.6 is 7.60 Å². The number of carbonyl (C=O) groups is 2. The molecule has 1 saturated heterocycles. The van der Waals surface area contributed by atoms with Gasteiger partial charge in [-0.15, -0.1) is 0 Å². The molecule has 3 saturated carbocycles. The maximum Gasteiger partial charge on any atom is 0.407 e. The Bertz CT molecular complexity index is 1270. The smallest absolute Gasteiger partial charge is 0.407 e. The number of hydrogen-bond acceptors (Lipinski definition) is 7. The Morgan fingerprint density at radius 1 is 1.02 bits per heavy atom. The van der Waals surface area contributed by atoms with Gasteiger partial charge in [-0.05, 0) is 111 Å². The quantitative estimate of drug-likeness (QED) is 0.0924. The zero-order chi connectivity index (χ0) is 37.0. The van der Waals surface area contributed by atoms with Gasteiger partial charge in [0.2, 0.25) is 5.91 Å². The van der Waals surface area contributed by atoms with E-state index in [0.29, 0.717) is 37.8 Å².